The molecule has 0 saturated carbocycles. The number of benzene rings is 8. The Balaban J connectivity index is 1.03. The van der Waals surface area contributed by atoms with E-state index in [1.807, 2.05) is 0 Å². The van der Waals surface area contributed by atoms with Crippen LogP contribution in [0.4, 0.5) is 0 Å². The standard InChI is InChI=1S/C57H38N4/c1-2-58-50-26-10-6-22-42(50)46-32-33-54-49(36-55(46)58)45-25-9-11-27-51(45)59(54)40-20-14-16-37(34-40)38-17-15-21-41(35-38)61-53-29-13-8-24-44(53)48-31-30-47-43-23-7-12-28-52(43)60(56(47)57(48)61)39-18-4-3-5-19-39/h3-31,33-36H,2H2,1H3. The maximum atomic E-state index is 3.78. The number of aryl methyl sites for hydroxylation is 1. The Morgan fingerprint density at radius 3 is 1.52 bits per heavy atom. The van der Waals surface area contributed by atoms with Crippen molar-refractivity contribution in [1.82, 2.24) is 18.3 Å². The third-order valence-electron chi connectivity index (χ3n) is 12.9. The largest absolute Gasteiger partial charge is 0.340 e. The lowest BCUT2D eigenvalue weighted by Gasteiger charge is -2.14. The molecular weight excluding hydrogens is 741 g/mol. The summed E-state index contributed by atoms with van der Waals surface area (Å²) in [6.45, 7) is 3.12. The van der Waals surface area contributed by atoms with E-state index < -0.39 is 0 Å². The first-order valence-electron chi connectivity index (χ1n) is 21.2. The van der Waals surface area contributed by atoms with Crippen LogP contribution in [0.5, 0.6) is 0 Å². The van der Waals surface area contributed by atoms with E-state index in [-0.39, 0.29) is 0 Å². The van der Waals surface area contributed by atoms with Gasteiger partial charge in [-0.3, -0.25) is 0 Å². The van der Waals surface area contributed by atoms with E-state index in [2.05, 4.69) is 231 Å². The molecule has 12 aromatic rings. The van der Waals surface area contributed by atoms with Crippen molar-refractivity contribution < 1.29 is 0 Å². The molecule has 0 atom stereocenters. The zero-order valence-corrected chi connectivity index (χ0v) is 33.5. The molecule has 0 fully saturated rings. The van der Waals surface area contributed by atoms with Gasteiger partial charge in [-0.15, -0.1) is 5.73 Å². The number of aromatic nitrogens is 4. The summed E-state index contributed by atoms with van der Waals surface area (Å²) in [5, 5.41) is 9.80. The maximum Gasteiger partial charge on any atom is 0.0788 e. The Morgan fingerprint density at radius 2 is 0.902 bits per heavy atom. The third kappa shape index (κ3) is 4.82. The molecule has 4 heteroatoms. The number of rotatable bonds is 5. The van der Waals surface area contributed by atoms with E-state index in [0.29, 0.717) is 0 Å². The van der Waals surface area contributed by atoms with Crippen LogP contribution in [0.2, 0.25) is 0 Å². The Labute approximate surface area is 351 Å². The lowest BCUT2D eigenvalue weighted by atomic mass is 10.0. The van der Waals surface area contributed by atoms with Crippen LogP contribution < -0.4 is 10.6 Å². The minimum absolute atomic E-state index is 0.888. The van der Waals surface area contributed by atoms with E-state index in [1.165, 1.54) is 76.3 Å². The fourth-order valence-corrected chi connectivity index (χ4v) is 10.4. The molecule has 0 saturated heterocycles. The van der Waals surface area contributed by atoms with Gasteiger partial charge in [0, 0.05) is 78.3 Å². The number of fused-ring (bicyclic) bond motifs is 13. The maximum absolute atomic E-state index is 3.78. The summed E-state index contributed by atoms with van der Waals surface area (Å²) >= 11 is 0. The van der Waals surface area contributed by atoms with Gasteiger partial charge in [-0.1, -0.05) is 127 Å². The fourth-order valence-electron chi connectivity index (χ4n) is 10.4. The van der Waals surface area contributed by atoms with E-state index in [0.717, 1.165) is 45.6 Å². The van der Waals surface area contributed by atoms with Gasteiger partial charge in [0.25, 0.3) is 0 Å². The summed E-state index contributed by atoms with van der Waals surface area (Å²) < 4.78 is 9.77. The van der Waals surface area contributed by atoms with E-state index in [9.17, 15) is 0 Å². The first-order valence-corrected chi connectivity index (χ1v) is 21.2. The smallest absolute Gasteiger partial charge is 0.0788 e. The molecule has 0 bridgehead atoms. The normalized spacial score (nSPS) is 12.3. The average Bonchev–Trinajstić information content (AvgIpc) is 3.99. The van der Waals surface area contributed by atoms with Gasteiger partial charge in [-0.05, 0) is 84.8 Å². The fraction of sp³-hybridized carbons (Fsp3) is 0.0351. The molecular formula is C57H38N4. The van der Waals surface area contributed by atoms with Gasteiger partial charge in [0.1, 0.15) is 0 Å². The van der Waals surface area contributed by atoms with Crippen LogP contribution in [0.1, 0.15) is 18.2 Å². The molecule has 4 aromatic heterocycles. The zero-order chi connectivity index (χ0) is 40.2. The molecule has 0 radical (unpaired) electrons. The van der Waals surface area contributed by atoms with Gasteiger partial charge in [0.2, 0.25) is 0 Å². The van der Waals surface area contributed by atoms with Crippen LogP contribution in [0.25, 0.3) is 111 Å². The molecule has 8 aromatic carbocycles. The van der Waals surface area contributed by atoms with E-state index in [4.69, 9.17) is 0 Å². The topological polar surface area (TPSA) is 19.7 Å². The molecule has 0 spiro atoms. The molecule has 1 aliphatic rings. The van der Waals surface area contributed by atoms with Crippen molar-refractivity contribution in [2.45, 2.75) is 13.5 Å². The van der Waals surface area contributed by atoms with Crippen LogP contribution in [-0.2, 0) is 6.54 Å². The van der Waals surface area contributed by atoms with Crippen molar-refractivity contribution in [3.63, 3.8) is 0 Å². The van der Waals surface area contributed by atoms with Crippen molar-refractivity contribution in [1.29, 1.82) is 0 Å². The van der Waals surface area contributed by atoms with Gasteiger partial charge in [0.15, 0.2) is 0 Å². The Bertz CT molecular complexity index is 3960. The highest BCUT2D eigenvalue weighted by molar-refractivity contribution is 6.23. The highest BCUT2D eigenvalue weighted by atomic mass is 15.0. The molecule has 13 rings (SSSR count). The SMILES string of the molecule is CCn1c2c(c3ccccc31)=C=Cc1c(c3ccccc3n1-c1cccc(-c3cccc(-n4c5ccccc5c5ccc6c7ccccc7n(-c7ccccc7)c6c54)c3)c1)C=2. The van der Waals surface area contributed by atoms with Gasteiger partial charge in [-0.2, -0.15) is 0 Å². The quantitative estimate of drug-likeness (QED) is 0.166. The molecule has 0 aliphatic heterocycles. The van der Waals surface area contributed by atoms with Crippen molar-refractivity contribution >= 4 is 83.3 Å². The molecule has 4 nitrogen and oxygen atoms in total. The predicted molar refractivity (Wildman–Crippen MR) is 256 cm³/mol. The summed E-state index contributed by atoms with van der Waals surface area (Å²) in [5.74, 6) is 0. The zero-order valence-electron chi connectivity index (χ0n) is 33.5. The van der Waals surface area contributed by atoms with Gasteiger partial charge < -0.3 is 18.3 Å². The van der Waals surface area contributed by atoms with Gasteiger partial charge >= 0.3 is 0 Å². The van der Waals surface area contributed by atoms with Crippen molar-refractivity contribution in [3.05, 3.63) is 210 Å². The van der Waals surface area contributed by atoms with Crippen LogP contribution in [0.15, 0.2) is 188 Å². The predicted octanol–water partition coefficient (Wildman–Crippen LogP) is 12.7. The minimum Gasteiger partial charge on any atom is -0.340 e. The van der Waals surface area contributed by atoms with Gasteiger partial charge in [-0.25, -0.2) is 0 Å². The first-order chi connectivity index (χ1) is 30.2. The third-order valence-corrected chi connectivity index (χ3v) is 12.9. The Hall–Kier alpha value is -8.04. The van der Waals surface area contributed by atoms with Gasteiger partial charge in [0.05, 0.1) is 38.6 Å². The van der Waals surface area contributed by atoms with Crippen molar-refractivity contribution in [2.75, 3.05) is 0 Å². The molecule has 61 heavy (non-hydrogen) atoms. The summed E-state index contributed by atoms with van der Waals surface area (Å²) in [4.78, 5) is 0. The van der Waals surface area contributed by atoms with Crippen molar-refractivity contribution in [3.8, 4) is 28.2 Å². The second-order valence-electron chi connectivity index (χ2n) is 16.1. The summed E-state index contributed by atoms with van der Waals surface area (Å²) in [6, 6.07) is 68.6. The molecule has 286 valence electrons. The molecule has 4 heterocycles. The van der Waals surface area contributed by atoms with Crippen molar-refractivity contribution in [2.24, 2.45) is 0 Å². The Morgan fingerprint density at radius 1 is 0.410 bits per heavy atom. The molecule has 0 amide bonds. The van der Waals surface area contributed by atoms with Crippen LogP contribution in [0.3, 0.4) is 0 Å². The number of hydrogen-bond acceptors (Lipinski definition) is 0. The second-order valence-corrected chi connectivity index (χ2v) is 16.1. The van der Waals surface area contributed by atoms with E-state index >= 15 is 0 Å². The minimum atomic E-state index is 0.888. The lowest BCUT2D eigenvalue weighted by molar-refractivity contribution is 0.771. The highest BCUT2D eigenvalue weighted by Crippen LogP contribution is 2.42. The second kappa shape index (κ2) is 13.0. The first kappa shape index (κ1) is 33.9. The molecule has 1 aliphatic carbocycles. The average molecular weight is 779 g/mol. The van der Waals surface area contributed by atoms with Crippen LogP contribution in [0, 0.1) is 0 Å². The van der Waals surface area contributed by atoms with E-state index in [1.54, 1.807) is 0 Å². The summed E-state index contributed by atoms with van der Waals surface area (Å²) in [5.41, 5.74) is 19.1. The number of nitrogens with zero attached hydrogens (tertiary/aromatic N) is 4. The summed E-state index contributed by atoms with van der Waals surface area (Å²) in [7, 11) is 0. The monoisotopic (exact) mass is 778 g/mol. The van der Waals surface area contributed by atoms with Crippen LogP contribution in [-0.4, -0.2) is 18.3 Å². The Kier molecular flexibility index (Phi) is 7.21. The number of para-hydroxylation sites is 5. The molecule has 0 unspecified atom stereocenters. The summed E-state index contributed by atoms with van der Waals surface area (Å²) in [6.07, 6.45) is 4.59. The lowest BCUT2D eigenvalue weighted by Crippen LogP contribution is -2.28. The highest BCUT2D eigenvalue weighted by Gasteiger charge is 2.22. The van der Waals surface area contributed by atoms with Crippen LogP contribution >= 0.6 is 0 Å². The molecule has 0 N–H and O–H groups in total. The number of hydrogen-bond donors (Lipinski definition) is 0.